The van der Waals surface area contributed by atoms with E-state index in [1.807, 2.05) is 13.8 Å². The second-order valence-corrected chi connectivity index (χ2v) is 6.61. The third kappa shape index (κ3) is 2.69. The van der Waals surface area contributed by atoms with Crippen LogP contribution < -0.4 is 5.73 Å². The van der Waals surface area contributed by atoms with Gasteiger partial charge in [-0.1, -0.05) is 33.1 Å². The molecular formula is C14H26N2O2. The van der Waals surface area contributed by atoms with Crippen LogP contribution in [0.3, 0.4) is 0 Å². The topological polar surface area (TPSA) is 66.6 Å². The lowest BCUT2D eigenvalue weighted by Gasteiger charge is -2.50. The van der Waals surface area contributed by atoms with Crippen LogP contribution >= 0.6 is 0 Å². The summed E-state index contributed by atoms with van der Waals surface area (Å²) in [6.45, 7) is 4.93. The van der Waals surface area contributed by atoms with Gasteiger partial charge in [-0.05, 0) is 18.8 Å². The molecule has 2 rings (SSSR count). The van der Waals surface area contributed by atoms with Crippen LogP contribution in [0.4, 0.5) is 0 Å². The number of hydrogen-bond acceptors (Lipinski definition) is 3. The molecule has 0 spiro atoms. The average Bonchev–Trinajstić information content (AvgIpc) is 2.24. The zero-order valence-electron chi connectivity index (χ0n) is 11.6. The minimum Gasteiger partial charge on any atom is -0.386 e. The predicted molar refractivity (Wildman–Crippen MR) is 71.0 cm³/mol. The molecule has 2 aliphatic rings. The van der Waals surface area contributed by atoms with Crippen LogP contribution in [0.1, 0.15) is 52.4 Å². The van der Waals surface area contributed by atoms with Gasteiger partial charge in [0, 0.05) is 12.0 Å². The Kier molecular flexibility index (Phi) is 3.70. The summed E-state index contributed by atoms with van der Waals surface area (Å²) in [7, 11) is 0. The van der Waals surface area contributed by atoms with E-state index in [0.717, 1.165) is 25.7 Å². The molecule has 1 heterocycles. The van der Waals surface area contributed by atoms with Gasteiger partial charge in [-0.25, -0.2) is 0 Å². The number of hydrogen-bond donors (Lipinski definition) is 2. The van der Waals surface area contributed by atoms with Crippen LogP contribution in [-0.4, -0.2) is 40.1 Å². The predicted octanol–water partition coefficient (Wildman–Crippen LogP) is 1.27. The summed E-state index contributed by atoms with van der Waals surface area (Å²) in [6, 6.07) is 0. The van der Waals surface area contributed by atoms with Crippen molar-refractivity contribution in [2.45, 2.75) is 63.5 Å². The number of rotatable bonds is 3. The molecule has 0 aromatic carbocycles. The molecule has 1 amide bonds. The summed E-state index contributed by atoms with van der Waals surface area (Å²) in [5.74, 6) is 0.313. The number of nitrogens with two attached hydrogens (primary N) is 1. The van der Waals surface area contributed by atoms with Crippen molar-refractivity contribution in [3.63, 3.8) is 0 Å². The van der Waals surface area contributed by atoms with Crippen molar-refractivity contribution in [2.24, 2.45) is 11.7 Å². The molecule has 1 saturated carbocycles. The number of carbonyl (C=O) groups excluding carboxylic acids is 1. The van der Waals surface area contributed by atoms with E-state index >= 15 is 0 Å². The van der Waals surface area contributed by atoms with Crippen molar-refractivity contribution in [3.8, 4) is 0 Å². The Labute approximate surface area is 110 Å². The zero-order valence-corrected chi connectivity index (χ0v) is 11.6. The highest BCUT2D eigenvalue weighted by Crippen LogP contribution is 2.33. The van der Waals surface area contributed by atoms with Gasteiger partial charge in [0.1, 0.15) is 5.60 Å². The summed E-state index contributed by atoms with van der Waals surface area (Å²) in [5, 5.41) is 10.2. The van der Waals surface area contributed by atoms with Crippen molar-refractivity contribution in [1.29, 1.82) is 0 Å². The molecule has 3 N–H and O–H groups in total. The van der Waals surface area contributed by atoms with Gasteiger partial charge >= 0.3 is 0 Å². The average molecular weight is 254 g/mol. The number of nitrogens with zero attached hydrogens (tertiary/aromatic N) is 1. The van der Waals surface area contributed by atoms with Gasteiger partial charge in [0.25, 0.3) is 0 Å². The van der Waals surface area contributed by atoms with Crippen LogP contribution in [-0.2, 0) is 4.79 Å². The van der Waals surface area contributed by atoms with Crippen LogP contribution in [0, 0.1) is 5.92 Å². The van der Waals surface area contributed by atoms with Crippen molar-refractivity contribution in [2.75, 3.05) is 13.1 Å². The minimum atomic E-state index is -0.677. The molecule has 0 aromatic heterocycles. The second-order valence-electron chi connectivity index (χ2n) is 6.61. The molecule has 0 unspecified atom stereocenters. The van der Waals surface area contributed by atoms with Crippen LogP contribution in [0.2, 0.25) is 0 Å². The highest BCUT2D eigenvalue weighted by molar-refractivity contribution is 5.78. The third-order valence-electron chi connectivity index (χ3n) is 4.71. The van der Waals surface area contributed by atoms with Gasteiger partial charge in [-0.2, -0.15) is 0 Å². The van der Waals surface area contributed by atoms with Gasteiger partial charge in [-0.3, -0.25) is 4.79 Å². The molecule has 0 radical (unpaired) electrons. The van der Waals surface area contributed by atoms with Crippen molar-refractivity contribution >= 4 is 5.91 Å². The standard InChI is InChI=1S/C14H26N2O2/c1-11(2)14(18)9-16(10-14)12(17)8-13(15)6-4-3-5-7-13/h11,18H,3-10,15H2,1-2H3. The highest BCUT2D eigenvalue weighted by Gasteiger charge is 2.46. The number of carbonyl (C=O) groups is 1. The number of aliphatic hydroxyl groups is 1. The van der Waals surface area contributed by atoms with Crippen molar-refractivity contribution in [3.05, 3.63) is 0 Å². The number of likely N-dealkylation sites (tertiary alicyclic amines) is 1. The highest BCUT2D eigenvalue weighted by atomic mass is 16.3. The molecule has 18 heavy (non-hydrogen) atoms. The number of β-amino-alcohol motifs (C(OH)–C–C–N with tert-alkyl or cyclic N) is 1. The number of amides is 1. The maximum atomic E-state index is 12.1. The summed E-state index contributed by atoms with van der Waals surface area (Å²) in [4.78, 5) is 13.9. The van der Waals surface area contributed by atoms with Gasteiger partial charge in [0.15, 0.2) is 0 Å². The smallest absolute Gasteiger partial charge is 0.224 e. The third-order valence-corrected chi connectivity index (χ3v) is 4.71. The van der Waals surface area contributed by atoms with Gasteiger partial charge in [0.2, 0.25) is 5.91 Å². The Hall–Kier alpha value is -0.610. The second kappa shape index (κ2) is 4.82. The zero-order chi connectivity index (χ0) is 13.4. The normalized spacial score (nSPS) is 25.9. The first-order valence-electron chi connectivity index (χ1n) is 7.14. The quantitative estimate of drug-likeness (QED) is 0.797. The lowest BCUT2D eigenvalue weighted by atomic mass is 9.78. The van der Waals surface area contributed by atoms with Crippen LogP contribution in [0.25, 0.3) is 0 Å². The fourth-order valence-corrected chi connectivity index (χ4v) is 3.00. The first-order chi connectivity index (χ1) is 8.35. The molecule has 1 aliphatic carbocycles. The fourth-order valence-electron chi connectivity index (χ4n) is 3.00. The van der Waals surface area contributed by atoms with Crippen molar-refractivity contribution < 1.29 is 9.90 Å². The summed E-state index contributed by atoms with van der Waals surface area (Å²) >= 11 is 0. The van der Waals surface area contributed by atoms with Crippen molar-refractivity contribution in [1.82, 2.24) is 4.90 Å². The Morgan fingerprint density at radius 1 is 1.28 bits per heavy atom. The van der Waals surface area contributed by atoms with E-state index in [1.54, 1.807) is 4.90 Å². The molecule has 4 nitrogen and oxygen atoms in total. The molecule has 1 aliphatic heterocycles. The summed E-state index contributed by atoms with van der Waals surface area (Å²) < 4.78 is 0. The van der Waals surface area contributed by atoms with Gasteiger partial charge < -0.3 is 15.7 Å². The molecular weight excluding hydrogens is 228 g/mol. The maximum absolute atomic E-state index is 12.1. The van der Waals surface area contributed by atoms with Gasteiger partial charge in [-0.15, -0.1) is 0 Å². The monoisotopic (exact) mass is 254 g/mol. The minimum absolute atomic E-state index is 0.115. The summed E-state index contributed by atoms with van der Waals surface area (Å²) in [6.07, 6.45) is 5.88. The molecule has 4 heteroatoms. The van der Waals surface area contributed by atoms with E-state index in [-0.39, 0.29) is 17.4 Å². The summed E-state index contributed by atoms with van der Waals surface area (Å²) in [5.41, 5.74) is 5.33. The maximum Gasteiger partial charge on any atom is 0.224 e. The Morgan fingerprint density at radius 2 is 1.83 bits per heavy atom. The lowest BCUT2D eigenvalue weighted by molar-refractivity contribution is -0.165. The van der Waals surface area contributed by atoms with E-state index in [2.05, 4.69) is 0 Å². The molecule has 2 fully saturated rings. The molecule has 1 saturated heterocycles. The molecule has 0 atom stereocenters. The lowest BCUT2D eigenvalue weighted by Crippen LogP contribution is -2.66. The van der Waals surface area contributed by atoms with Gasteiger partial charge in [0.05, 0.1) is 13.1 Å². The molecule has 104 valence electrons. The molecule has 0 bridgehead atoms. The van der Waals surface area contributed by atoms with E-state index < -0.39 is 5.60 Å². The van der Waals surface area contributed by atoms with Crippen LogP contribution in [0.5, 0.6) is 0 Å². The molecule has 0 aromatic rings. The largest absolute Gasteiger partial charge is 0.386 e. The van der Waals surface area contributed by atoms with E-state index in [0.29, 0.717) is 19.5 Å². The fraction of sp³-hybridized carbons (Fsp3) is 0.929. The Morgan fingerprint density at radius 3 is 2.33 bits per heavy atom. The first-order valence-corrected chi connectivity index (χ1v) is 7.14. The Balaban J connectivity index is 1.83. The van der Waals surface area contributed by atoms with E-state index in [9.17, 15) is 9.90 Å². The first kappa shape index (κ1) is 13.8. The van der Waals surface area contributed by atoms with E-state index in [4.69, 9.17) is 5.73 Å². The van der Waals surface area contributed by atoms with Crippen LogP contribution in [0.15, 0.2) is 0 Å². The Bertz CT molecular complexity index is 316. The van der Waals surface area contributed by atoms with E-state index in [1.165, 1.54) is 6.42 Å². The SMILES string of the molecule is CC(C)C1(O)CN(C(=O)CC2(N)CCCCC2)C1.